The molecule has 0 unspecified atom stereocenters. The number of H-pyrrole nitrogens is 1. The van der Waals surface area contributed by atoms with Gasteiger partial charge in [-0.05, 0) is 19.9 Å². The van der Waals surface area contributed by atoms with Crippen molar-refractivity contribution in [3.05, 3.63) is 27.9 Å². The number of likely N-dealkylation sites (N-methyl/N-ethyl adjacent to an activating group) is 1. The summed E-state index contributed by atoms with van der Waals surface area (Å²) in [5, 5.41) is 3.06. The topological polar surface area (TPSA) is 57.8 Å². The van der Waals surface area contributed by atoms with Crippen molar-refractivity contribution in [2.24, 2.45) is 0 Å². The van der Waals surface area contributed by atoms with Crippen LogP contribution in [0.3, 0.4) is 0 Å². The quantitative estimate of drug-likeness (QED) is 0.803. The minimum absolute atomic E-state index is 0.0111. The minimum atomic E-state index is -0.0111. The van der Waals surface area contributed by atoms with Crippen molar-refractivity contribution in [1.29, 1.82) is 0 Å². The maximum absolute atomic E-state index is 11.5. The number of nitrogens with zero attached hydrogens (tertiary/aromatic N) is 1. The smallest absolute Gasteiger partial charge is 0.251 e. The third-order valence-corrected chi connectivity index (χ3v) is 3.20. The third-order valence-electron chi connectivity index (χ3n) is 3.20. The number of hydrogen-bond donors (Lipinski definition) is 2. The maximum atomic E-state index is 11.5. The summed E-state index contributed by atoms with van der Waals surface area (Å²) in [5.74, 6) is 1.32. The van der Waals surface area contributed by atoms with Crippen molar-refractivity contribution in [3.63, 3.8) is 0 Å². The first-order valence-electron chi connectivity index (χ1n) is 6.04. The van der Waals surface area contributed by atoms with Crippen molar-refractivity contribution in [2.45, 2.75) is 38.0 Å². The molecule has 0 aromatic carbocycles. The SMILES string of the molecule is CNCCc1nc(C2CCCC2)cc(=O)[nH]1. The highest BCUT2D eigenvalue weighted by Gasteiger charge is 2.19. The van der Waals surface area contributed by atoms with E-state index < -0.39 is 0 Å². The Hall–Kier alpha value is -1.16. The van der Waals surface area contributed by atoms with Gasteiger partial charge in [-0.2, -0.15) is 0 Å². The third kappa shape index (κ3) is 2.70. The lowest BCUT2D eigenvalue weighted by Gasteiger charge is -2.09. The molecular formula is C12H19N3O. The van der Waals surface area contributed by atoms with E-state index in [0.717, 1.165) is 24.5 Å². The number of aromatic amines is 1. The van der Waals surface area contributed by atoms with E-state index in [1.54, 1.807) is 6.07 Å². The molecule has 0 spiro atoms. The summed E-state index contributed by atoms with van der Waals surface area (Å²) in [5.41, 5.74) is 0.982. The Kier molecular flexibility index (Phi) is 3.72. The van der Waals surface area contributed by atoms with Gasteiger partial charge in [0, 0.05) is 24.9 Å². The molecule has 4 heteroatoms. The van der Waals surface area contributed by atoms with Gasteiger partial charge in [-0.3, -0.25) is 4.79 Å². The van der Waals surface area contributed by atoms with E-state index in [1.165, 1.54) is 25.7 Å². The summed E-state index contributed by atoms with van der Waals surface area (Å²) in [6.45, 7) is 0.844. The predicted octanol–water partition coefficient (Wildman–Crippen LogP) is 1.19. The molecule has 2 rings (SSSR count). The Bertz CT molecular complexity index is 393. The van der Waals surface area contributed by atoms with Crippen molar-refractivity contribution < 1.29 is 0 Å². The molecule has 1 aliphatic carbocycles. The zero-order valence-electron chi connectivity index (χ0n) is 9.75. The average molecular weight is 221 g/mol. The monoisotopic (exact) mass is 221 g/mol. The zero-order chi connectivity index (χ0) is 11.4. The van der Waals surface area contributed by atoms with Gasteiger partial charge in [0.1, 0.15) is 5.82 Å². The fourth-order valence-corrected chi connectivity index (χ4v) is 2.32. The maximum Gasteiger partial charge on any atom is 0.251 e. The van der Waals surface area contributed by atoms with Crippen LogP contribution in [0.1, 0.15) is 43.1 Å². The summed E-state index contributed by atoms with van der Waals surface area (Å²) < 4.78 is 0. The molecule has 0 saturated heterocycles. The Morgan fingerprint density at radius 1 is 1.50 bits per heavy atom. The van der Waals surface area contributed by atoms with Gasteiger partial charge in [-0.15, -0.1) is 0 Å². The van der Waals surface area contributed by atoms with Gasteiger partial charge in [-0.1, -0.05) is 12.8 Å². The van der Waals surface area contributed by atoms with Crippen LogP contribution < -0.4 is 10.9 Å². The molecule has 0 atom stereocenters. The van der Waals surface area contributed by atoms with Crippen LogP contribution in [-0.2, 0) is 6.42 Å². The van der Waals surface area contributed by atoms with Crippen molar-refractivity contribution in [2.75, 3.05) is 13.6 Å². The molecule has 1 aromatic rings. The van der Waals surface area contributed by atoms with Crippen molar-refractivity contribution >= 4 is 0 Å². The van der Waals surface area contributed by atoms with E-state index >= 15 is 0 Å². The summed E-state index contributed by atoms with van der Waals surface area (Å²) in [7, 11) is 1.90. The second-order valence-electron chi connectivity index (χ2n) is 4.45. The van der Waals surface area contributed by atoms with Gasteiger partial charge in [0.2, 0.25) is 0 Å². The molecular weight excluding hydrogens is 202 g/mol. The molecule has 4 nitrogen and oxygen atoms in total. The molecule has 1 heterocycles. The van der Waals surface area contributed by atoms with E-state index in [0.29, 0.717) is 5.92 Å². The molecule has 1 aliphatic rings. The molecule has 16 heavy (non-hydrogen) atoms. The minimum Gasteiger partial charge on any atom is -0.319 e. The highest BCUT2D eigenvalue weighted by atomic mass is 16.1. The predicted molar refractivity (Wildman–Crippen MR) is 63.7 cm³/mol. The van der Waals surface area contributed by atoms with Crippen LogP contribution in [0.15, 0.2) is 10.9 Å². The molecule has 1 aromatic heterocycles. The van der Waals surface area contributed by atoms with Crippen LogP contribution >= 0.6 is 0 Å². The molecule has 1 fully saturated rings. The van der Waals surface area contributed by atoms with Gasteiger partial charge in [0.05, 0.1) is 5.69 Å². The molecule has 0 aliphatic heterocycles. The zero-order valence-corrected chi connectivity index (χ0v) is 9.75. The summed E-state index contributed by atoms with van der Waals surface area (Å²) in [6, 6.07) is 1.67. The Morgan fingerprint density at radius 3 is 2.94 bits per heavy atom. The number of hydrogen-bond acceptors (Lipinski definition) is 3. The summed E-state index contributed by atoms with van der Waals surface area (Å²) in [6.07, 6.45) is 5.69. The highest BCUT2D eigenvalue weighted by molar-refractivity contribution is 5.10. The van der Waals surface area contributed by atoms with Gasteiger partial charge in [-0.25, -0.2) is 4.98 Å². The summed E-state index contributed by atoms with van der Waals surface area (Å²) in [4.78, 5) is 18.9. The standard InChI is InChI=1S/C12H19N3O/c1-13-7-6-11-14-10(8-12(16)15-11)9-4-2-3-5-9/h8-9,13H,2-7H2,1H3,(H,14,15,16). The molecule has 1 saturated carbocycles. The molecule has 0 amide bonds. The van der Waals surface area contributed by atoms with Gasteiger partial charge >= 0.3 is 0 Å². The summed E-state index contributed by atoms with van der Waals surface area (Å²) >= 11 is 0. The van der Waals surface area contributed by atoms with Gasteiger partial charge in [0.15, 0.2) is 0 Å². The lowest BCUT2D eigenvalue weighted by atomic mass is 10.0. The lowest BCUT2D eigenvalue weighted by Crippen LogP contribution is -2.18. The Labute approximate surface area is 95.5 Å². The molecule has 2 N–H and O–H groups in total. The van der Waals surface area contributed by atoms with Crippen LogP contribution in [0, 0.1) is 0 Å². The van der Waals surface area contributed by atoms with Crippen LogP contribution in [-0.4, -0.2) is 23.6 Å². The number of rotatable bonds is 4. The van der Waals surface area contributed by atoms with Crippen LogP contribution in [0.4, 0.5) is 0 Å². The van der Waals surface area contributed by atoms with E-state index in [4.69, 9.17) is 0 Å². The first kappa shape index (κ1) is 11.3. The van der Waals surface area contributed by atoms with E-state index in [1.807, 2.05) is 7.05 Å². The van der Waals surface area contributed by atoms with Gasteiger partial charge in [0.25, 0.3) is 5.56 Å². The highest BCUT2D eigenvalue weighted by Crippen LogP contribution is 2.32. The fourth-order valence-electron chi connectivity index (χ4n) is 2.32. The van der Waals surface area contributed by atoms with Crippen LogP contribution in [0.2, 0.25) is 0 Å². The van der Waals surface area contributed by atoms with E-state index in [-0.39, 0.29) is 5.56 Å². The van der Waals surface area contributed by atoms with E-state index in [9.17, 15) is 4.79 Å². The average Bonchev–Trinajstić information content (AvgIpc) is 2.79. The number of nitrogens with one attached hydrogen (secondary N) is 2. The first-order chi connectivity index (χ1) is 7.79. The Morgan fingerprint density at radius 2 is 2.25 bits per heavy atom. The first-order valence-corrected chi connectivity index (χ1v) is 6.04. The van der Waals surface area contributed by atoms with E-state index in [2.05, 4.69) is 15.3 Å². The lowest BCUT2D eigenvalue weighted by molar-refractivity contribution is 0.671. The molecule has 88 valence electrons. The molecule has 0 bridgehead atoms. The Balaban J connectivity index is 2.17. The normalized spacial score (nSPS) is 16.8. The number of aromatic nitrogens is 2. The van der Waals surface area contributed by atoms with Gasteiger partial charge < -0.3 is 10.3 Å². The largest absolute Gasteiger partial charge is 0.319 e. The van der Waals surface area contributed by atoms with Crippen molar-refractivity contribution in [3.8, 4) is 0 Å². The second-order valence-corrected chi connectivity index (χ2v) is 4.45. The molecule has 0 radical (unpaired) electrons. The fraction of sp³-hybridized carbons (Fsp3) is 0.667. The van der Waals surface area contributed by atoms with Crippen LogP contribution in [0.5, 0.6) is 0 Å². The second kappa shape index (κ2) is 5.25. The van der Waals surface area contributed by atoms with Crippen molar-refractivity contribution in [1.82, 2.24) is 15.3 Å². The van der Waals surface area contributed by atoms with Crippen LogP contribution in [0.25, 0.3) is 0 Å².